The number of nitrogens with zero attached hydrogens (tertiary/aromatic N) is 2. The third-order valence-electron chi connectivity index (χ3n) is 4.30. The van der Waals surface area contributed by atoms with Crippen molar-refractivity contribution >= 4 is 40.6 Å². The summed E-state index contributed by atoms with van der Waals surface area (Å²) in [5.41, 5.74) is 3.97. The van der Waals surface area contributed by atoms with Gasteiger partial charge in [-0.25, -0.2) is 0 Å². The summed E-state index contributed by atoms with van der Waals surface area (Å²) in [6.45, 7) is 3.57. The summed E-state index contributed by atoms with van der Waals surface area (Å²) in [6.07, 6.45) is 1.58. The highest BCUT2D eigenvalue weighted by atomic mass is 32.2. The van der Waals surface area contributed by atoms with Crippen molar-refractivity contribution in [1.82, 2.24) is 4.90 Å². The molecule has 2 aromatic carbocycles. The number of nitrogens with one attached hydrogen (secondary N) is 1. The summed E-state index contributed by atoms with van der Waals surface area (Å²) in [6, 6.07) is 14.2. The van der Waals surface area contributed by atoms with E-state index in [1.165, 1.54) is 0 Å². The van der Waals surface area contributed by atoms with Crippen molar-refractivity contribution in [3.8, 4) is 6.07 Å². The first-order valence-electron chi connectivity index (χ1n) is 8.50. The molecule has 3 amide bonds. The van der Waals surface area contributed by atoms with Gasteiger partial charge in [0.25, 0.3) is 11.1 Å². The molecule has 0 unspecified atom stereocenters. The summed E-state index contributed by atoms with van der Waals surface area (Å²) in [4.78, 5) is 38.1. The van der Waals surface area contributed by atoms with E-state index in [9.17, 15) is 14.4 Å². The van der Waals surface area contributed by atoms with E-state index in [4.69, 9.17) is 5.26 Å². The van der Waals surface area contributed by atoms with Crippen LogP contribution in [0.1, 0.15) is 22.3 Å². The van der Waals surface area contributed by atoms with Gasteiger partial charge in [-0.15, -0.1) is 0 Å². The van der Waals surface area contributed by atoms with E-state index in [0.717, 1.165) is 27.8 Å². The summed E-state index contributed by atoms with van der Waals surface area (Å²) in [5, 5.41) is 11.1. The number of nitriles is 1. The first-order chi connectivity index (χ1) is 13.4. The topological polar surface area (TPSA) is 90.3 Å². The minimum Gasteiger partial charge on any atom is -0.325 e. The summed E-state index contributed by atoms with van der Waals surface area (Å²) < 4.78 is 0. The van der Waals surface area contributed by atoms with Crippen LogP contribution < -0.4 is 5.32 Å². The van der Waals surface area contributed by atoms with Crippen molar-refractivity contribution < 1.29 is 14.4 Å². The molecule has 1 saturated heterocycles. The van der Waals surface area contributed by atoms with Crippen LogP contribution in [0.4, 0.5) is 10.5 Å². The van der Waals surface area contributed by atoms with Crippen molar-refractivity contribution in [1.29, 1.82) is 5.26 Å². The van der Waals surface area contributed by atoms with Gasteiger partial charge in [0.1, 0.15) is 6.54 Å². The fraction of sp³-hybridized carbons (Fsp3) is 0.143. The maximum atomic E-state index is 12.5. The lowest BCUT2D eigenvalue weighted by Gasteiger charge is -2.13. The molecule has 0 bridgehead atoms. The Labute approximate surface area is 166 Å². The Morgan fingerprint density at radius 1 is 1.14 bits per heavy atom. The zero-order valence-electron chi connectivity index (χ0n) is 15.4. The van der Waals surface area contributed by atoms with Gasteiger partial charge in [0.2, 0.25) is 5.91 Å². The number of benzene rings is 2. The molecule has 0 atom stereocenters. The Balaban J connectivity index is 1.69. The largest absolute Gasteiger partial charge is 0.325 e. The molecular formula is C21H17N3O3S. The van der Waals surface area contributed by atoms with Gasteiger partial charge in [-0.05, 0) is 72.6 Å². The molecule has 1 heterocycles. The molecule has 1 fully saturated rings. The van der Waals surface area contributed by atoms with Gasteiger partial charge < -0.3 is 5.32 Å². The lowest BCUT2D eigenvalue weighted by atomic mass is 10.1. The predicted octanol–water partition coefficient (Wildman–Crippen LogP) is 3.85. The quantitative estimate of drug-likeness (QED) is 0.800. The minimum atomic E-state index is -0.505. The molecule has 0 aromatic heterocycles. The van der Waals surface area contributed by atoms with Crippen molar-refractivity contribution in [3.63, 3.8) is 0 Å². The standard InChI is InChI=1S/C21H17N3O3S/c1-13-3-8-17(9-14(13)2)23-19(25)12-24-20(26)18(28-21(24)27)10-15-4-6-16(11-22)7-5-15/h3-10H,12H2,1-2H3,(H,23,25)/b18-10+. The number of carbonyl (C=O) groups is 3. The average Bonchev–Trinajstić information content (AvgIpc) is 2.93. The maximum Gasteiger partial charge on any atom is 0.294 e. The van der Waals surface area contributed by atoms with Crippen LogP contribution in [-0.4, -0.2) is 28.5 Å². The van der Waals surface area contributed by atoms with Crippen molar-refractivity contribution in [3.05, 3.63) is 69.6 Å². The van der Waals surface area contributed by atoms with Crippen LogP contribution in [0.25, 0.3) is 6.08 Å². The monoisotopic (exact) mass is 391 g/mol. The first kappa shape index (κ1) is 19.4. The predicted molar refractivity (Wildman–Crippen MR) is 108 cm³/mol. The highest BCUT2D eigenvalue weighted by molar-refractivity contribution is 8.18. The second kappa shape index (κ2) is 8.11. The molecule has 7 heteroatoms. The fourth-order valence-electron chi connectivity index (χ4n) is 2.60. The van der Waals surface area contributed by atoms with E-state index in [1.807, 2.05) is 32.0 Å². The molecule has 140 valence electrons. The maximum absolute atomic E-state index is 12.5. The van der Waals surface area contributed by atoms with Crippen LogP contribution in [0.5, 0.6) is 0 Å². The Morgan fingerprint density at radius 3 is 2.50 bits per heavy atom. The van der Waals surface area contributed by atoms with E-state index >= 15 is 0 Å². The molecular weight excluding hydrogens is 374 g/mol. The third-order valence-corrected chi connectivity index (χ3v) is 5.21. The van der Waals surface area contributed by atoms with Crippen LogP contribution in [0, 0.1) is 25.2 Å². The second-order valence-corrected chi connectivity index (χ2v) is 7.34. The number of amides is 3. The Kier molecular flexibility index (Phi) is 5.62. The molecule has 0 saturated carbocycles. The summed E-state index contributed by atoms with van der Waals surface area (Å²) >= 11 is 0.793. The van der Waals surface area contributed by atoms with E-state index in [2.05, 4.69) is 5.32 Å². The van der Waals surface area contributed by atoms with E-state index in [1.54, 1.807) is 36.4 Å². The van der Waals surface area contributed by atoms with Gasteiger partial charge in [0.05, 0.1) is 16.5 Å². The summed E-state index contributed by atoms with van der Waals surface area (Å²) in [7, 11) is 0. The van der Waals surface area contributed by atoms with Crippen LogP contribution in [0.3, 0.4) is 0 Å². The van der Waals surface area contributed by atoms with Crippen LogP contribution in [0.2, 0.25) is 0 Å². The molecule has 3 rings (SSSR count). The van der Waals surface area contributed by atoms with Gasteiger partial charge in [-0.3, -0.25) is 19.3 Å². The first-order valence-corrected chi connectivity index (χ1v) is 9.31. The van der Waals surface area contributed by atoms with Crippen LogP contribution in [0.15, 0.2) is 47.4 Å². The van der Waals surface area contributed by atoms with Crippen molar-refractivity contribution in [2.45, 2.75) is 13.8 Å². The van der Waals surface area contributed by atoms with Crippen LogP contribution >= 0.6 is 11.8 Å². The molecule has 1 N–H and O–H groups in total. The van der Waals surface area contributed by atoms with Gasteiger partial charge in [-0.1, -0.05) is 18.2 Å². The second-order valence-electron chi connectivity index (χ2n) is 6.35. The molecule has 6 nitrogen and oxygen atoms in total. The number of hydrogen-bond donors (Lipinski definition) is 1. The highest BCUT2D eigenvalue weighted by Gasteiger charge is 2.36. The van der Waals surface area contributed by atoms with E-state index < -0.39 is 17.1 Å². The lowest BCUT2D eigenvalue weighted by Crippen LogP contribution is -2.36. The van der Waals surface area contributed by atoms with Gasteiger partial charge in [-0.2, -0.15) is 5.26 Å². The molecule has 28 heavy (non-hydrogen) atoms. The number of thioether (sulfide) groups is 1. The zero-order valence-corrected chi connectivity index (χ0v) is 16.2. The number of rotatable bonds is 4. The molecule has 0 spiro atoms. The third kappa shape index (κ3) is 4.30. The lowest BCUT2D eigenvalue weighted by molar-refractivity contribution is -0.127. The molecule has 2 aromatic rings. The normalized spacial score (nSPS) is 15.0. The number of carbonyl (C=O) groups excluding carboxylic acids is 3. The van der Waals surface area contributed by atoms with E-state index in [0.29, 0.717) is 16.8 Å². The highest BCUT2D eigenvalue weighted by Crippen LogP contribution is 2.32. The van der Waals surface area contributed by atoms with Crippen molar-refractivity contribution in [2.75, 3.05) is 11.9 Å². The smallest absolute Gasteiger partial charge is 0.294 e. The van der Waals surface area contributed by atoms with Gasteiger partial charge >= 0.3 is 0 Å². The van der Waals surface area contributed by atoms with E-state index in [-0.39, 0.29) is 11.4 Å². The minimum absolute atomic E-state index is 0.244. The Bertz CT molecular complexity index is 1040. The van der Waals surface area contributed by atoms with Gasteiger partial charge in [0.15, 0.2) is 0 Å². The molecule has 1 aliphatic rings. The fourth-order valence-corrected chi connectivity index (χ4v) is 3.44. The number of aryl methyl sites for hydroxylation is 2. The summed E-state index contributed by atoms with van der Waals surface area (Å²) in [5.74, 6) is -0.945. The molecule has 0 radical (unpaired) electrons. The number of hydrogen-bond acceptors (Lipinski definition) is 5. The Morgan fingerprint density at radius 2 is 1.86 bits per heavy atom. The van der Waals surface area contributed by atoms with Crippen molar-refractivity contribution in [2.24, 2.45) is 0 Å². The zero-order chi connectivity index (χ0) is 20.3. The molecule has 1 aliphatic heterocycles. The number of anilines is 1. The average molecular weight is 391 g/mol. The van der Waals surface area contributed by atoms with Gasteiger partial charge in [0, 0.05) is 5.69 Å². The number of imide groups is 1. The Hall–Kier alpha value is -3.37. The molecule has 0 aliphatic carbocycles. The van der Waals surface area contributed by atoms with Crippen LogP contribution in [-0.2, 0) is 9.59 Å². The SMILES string of the molecule is Cc1ccc(NC(=O)CN2C(=O)S/C(=C/c3ccc(C#N)cc3)C2=O)cc1C.